The van der Waals surface area contributed by atoms with Gasteiger partial charge in [-0.3, -0.25) is 0 Å². The Balaban J connectivity index is 1.75. The number of ether oxygens (including phenoxy) is 4. The molecule has 100 valence electrons. The molecule has 0 radical (unpaired) electrons. The second-order valence-corrected chi connectivity index (χ2v) is 6.09. The smallest absolute Gasteiger partial charge is 0.134 e. The summed E-state index contributed by atoms with van der Waals surface area (Å²) < 4.78 is 21.1. The van der Waals surface area contributed by atoms with Crippen LogP contribution in [0, 0.1) is 0 Å². The molecule has 1 aliphatic heterocycles. The average Bonchev–Trinajstić information content (AvgIpc) is 3.23. The molecule has 2 rings (SSSR count). The highest BCUT2D eigenvalue weighted by Gasteiger charge is 2.22. The lowest BCUT2D eigenvalue weighted by atomic mass is 10.2. The zero-order valence-electron chi connectivity index (χ0n) is 10.9. The lowest BCUT2D eigenvalue weighted by Crippen LogP contribution is -2.23. The first kappa shape index (κ1) is 13.5. The van der Waals surface area contributed by atoms with Gasteiger partial charge in [0, 0.05) is 14.2 Å². The van der Waals surface area contributed by atoms with Crippen LogP contribution in [0.5, 0.6) is 5.75 Å². The van der Waals surface area contributed by atoms with E-state index in [4.69, 9.17) is 18.9 Å². The number of hydrogen-bond acceptors (Lipinski definition) is 4. The molecule has 4 nitrogen and oxygen atoms in total. The fourth-order valence-corrected chi connectivity index (χ4v) is 3.10. The van der Waals surface area contributed by atoms with Crippen molar-refractivity contribution >= 4 is 9.52 Å². The van der Waals surface area contributed by atoms with Gasteiger partial charge in [0.15, 0.2) is 0 Å². The normalized spacial score (nSPS) is 18.7. The summed E-state index contributed by atoms with van der Waals surface area (Å²) in [5.41, 5.74) is 1.32. The Morgan fingerprint density at radius 1 is 1.28 bits per heavy atom. The third-order valence-corrected chi connectivity index (χ3v) is 4.96. The van der Waals surface area contributed by atoms with Crippen molar-refractivity contribution in [2.45, 2.75) is 18.1 Å². The highest BCUT2D eigenvalue weighted by Crippen LogP contribution is 2.16. The van der Waals surface area contributed by atoms with E-state index in [1.54, 1.807) is 14.2 Å². The quantitative estimate of drug-likeness (QED) is 0.395. The number of benzene rings is 1. The van der Waals surface area contributed by atoms with Gasteiger partial charge in [0.05, 0.1) is 16.1 Å². The molecule has 0 N–H and O–H groups in total. The molecule has 1 aromatic rings. The molecule has 1 heterocycles. The van der Waals surface area contributed by atoms with Gasteiger partial charge in [-0.25, -0.2) is 0 Å². The van der Waals surface area contributed by atoms with Gasteiger partial charge in [0.25, 0.3) is 0 Å². The van der Waals surface area contributed by atoms with Crippen molar-refractivity contribution in [3.05, 3.63) is 29.8 Å². The van der Waals surface area contributed by atoms with Crippen LogP contribution in [0.1, 0.15) is 5.56 Å². The molecule has 1 aromatic carbocycles. The zero-order valence-corrected chi connectivity index (χ0v) is 12.3. The number of epoxide rings is 1. The summed E-state index contributed by atoms with van der Waals surface area (Å²) in [5.74, 6) is 0.916. The van der Waals surface area contributed by atoms with Crippen LogP contribution in [-0.2, 0) is 20.3 Å². The minimum absolute atomic E-state index is 0.00735. The Morgan fingerprint density at radius 2 is 1.94 bits per heavy atom. The van der Waals surface area contributed by atoms with E-state index in [1.807, 2.05) is 12.1 Å². The average molecular weight is 268 g/mol. The maximum atomic E-state index is 5.59. The molecule has 0 saturated carbocycles. The van der Waals surface area contributed by atoms with Gasteiger partial charge in [-0.05, 0) is 18.2 Å². The van der Waals surface area contributed by atoms with Crippen molar-refractivity contribution < 1.29 is 18.9 Å². The summed E-state index contributed by atoms with van der Waals surface area (Å²) in [6.07, 6.45) is 0.307. The van der Waals surface area contributed by atoms with Crippen LogP contribution in [0.4, 0.5) is 0 Å². The summed E-state index contributed by atoms with van der Waals surface area (Å²) >= 11 is 0. The lowest BCUT2D eigenvalue weighted by molar-refractivity contribution is -0.0441. The van der Waals surface area contributed by atoms with Crippen molar-refractivity contribution in [1.29, 1.82) is 0 Å². The Hall–Kier alpha value is -0.883. The van der Waals surface area contributed by atoms with Gasteiger partial charge in [0.2, 0.25) is 0 Å². The predicted octanol–water partition coefficient (Wildman–Crippen LogP) is 0.709. The molecule has 5 heteroatoms. The highest BCUT2D eigenvalue weighted by molar-refractivity contribution is 6.36. The monoisotopic (exact) mass is 268 g/mol. The van der Waals surface area contributed by atoms with Crippen molar-refractivity contribution in [2.24, 2.45) is 0 Å². The summed E-state index contributed by atoms with van der Waals surface area (Å²) in [7, 11) is 2.98. The number of methoxy groups -OCH3 is 2. The Bertz CT molecular complexity index is 347. The second-order valence-electron chi connectivity index (χ2n) is 4.35. The van der Waals surface area contributed by atoms with Crippen LogP contribution in [0.25, 0.3) is 0 Å². The molecule has 1 unspecified atom stereocenters. The molecule has 1 saturated heterocycles. The predicted molar refractivity (Wildman–Crippen MR) is 71.7 cm³/mol. The van der Waals surface area contributed by atoms with E-state index in [0.717, 1.165) is 18.4 Å². The maximum absolute atomic E-state index is 5.59. The summed E-state index contributed by atoms with van der Waals surface area (Å²) in [6, 6.07) is 9.32. The fraction of sp³-hybridized carbons (Fsp3) is 0.538. The molecular weight excluding hydrogens is 248 g/mol. The molecule has 18 heavy (non-hydrogen) atoms. The molecular formula is C13H20O4Si. The molecule has 1 atom stereocenters. The van der Waals surface area contributed by atoms with E-state index in [0.29, 0.717) is 12.7 Å². The first-order valence-electron chi connectivity index (χ1n) is 6.20. The van der Waals surface area contributed by atoms with Gasteiger partial charge in [-0.2, -0.15) is 0 Å². The standard InChI is InChI=1S/C13H20O4Si/c1-14-13(15-2)18-9-10-3-5-11(6-4-10)16-7-12-8-17-12/h3-6,12-13H,7-9,18H2,1-2H3. The minimum Gasteiger partial charge on any atom is -0.491 e. The Morgan fingerprint density at radius 3 is 2.50 bits per heavy atom. The van der Waals surface area contributed by atoms with E-state index in [1.165, 1.54) is 5.56 Å². The SMILES string of the molecule is COC(OC)[SiH2]Cc1ccc(OCC2CO2)cc1. The molecule has 0 aromatic heterocycles. The highest BCUT2D eigenvalue weighted by atomic mass is 28.2. The molecule has 1 fully saturated rings. The van der Waals surface area contributed by atoms with Crippen LogP contribution in [0.3, 0.4) is 0 Å². The molecule has 1 aliphatic rings. The van der Waals surface area contributed by atoms with Crippen molar-refractivity contribution in [3.8, 4) is 5.75 Å². The van der Waals surface area contributed by atoms with Crippen LogP contribution >= 0.6 is 0 Å². The number of rotatable bonds is 8. The fourth-order valence-electron chi connectivity index (χ4n) is 1.72. The molecule has 0 bridgehead atoms. The summed E-state index contributed by atoms with van der Waals surface area (Å²) in [6.45, 7) is 1.49. The molecule has 0 amide bonds. The third-order valence-electron chi connectivity index (χ3n) is 2.96. The van der Waals surface area contributed by atoms with Crippen LogP contribution < -0.4 is 4.74 Å². The van der Waals surface area contributed by atoms with Crippen LogP contribution in [0.15, 0.2) is 24.3 Å². The van der Waals surface area contributed by atoms with Gasteiger partial charge < -0.3 is 18.9 Å². The minimum atomic E-state index is -0.405. The first-order chi connectivity index (χ1) is 8.81. The van der Waals surface area contributed by atoms with Gasteiger partial charge in [-0.15, -0.1) is 0 Å². The lowest BCUT2D eigenvalue weighted by Gasteiger charge is -2.12. The Kier molecular flexibility index (Phi) is 5.19. The van der Waals surface area contributed by atoms with Gasteiger partial charge in [0.1, 0.15) is 24.4 Å². The number of hydrogen-bond donors (Lipinski definition) is 0. The van der Waals surface area contributed by atoms with Crippen LogP contribution in [-0.4, -0.2) is 49.0 Å². The van der Waals surface area contributed by atoms with E-state index >= 15 is 0 Å². The van der Waals surface area contributed by atoms with Gasteiger partial charge >= 0.3 is 0 Å². The zero-order chi connectivity index (χ0) is 12.8. The first-order valence-corrected chi connectivity index (χ1v) is 8.02. The van der Waals surface area contributed by atoms with E-state index < -0.39 is 9.52 Å². The summed E-state index contributed by atoms with van der Waals surface area (Å²) in [5, 5.41) is 0. The topological polar surface area (TPSA) is 40.2 Å². The van der Waals surface area contributed by atoms with E-state index in [-0.39, 0.29) is 5.91 Å². The van der Waals surface area contributed by atoms with Crippen LogP contribution in [0.2, 0.25) is 0 Å². The van der Waals surface area contributed by atoms with E-state index in [2.05, 4.69) is 12.1 Å². The Labute approximate surface area is 110 Å². The second kappa shape index (κ2) is 6.89. The largest absolute Gasteiger partial charge is 0.491 e. The van der Waals surface area contributed by atoms with Crippen molar-refractivity contribution in [2.75, 3.05) is 27.4 Å². The molecule has 0 aliphatic carbocycles. The molecule has 0 spiro atoms. The van der Waals surface area contributed by atoms with E-state index in [9.17, 15) is 0 Å². The third kappa shape index (κ3) is 4.42. The van der Waals surface area contributed by atoms with Gasteiger partial charge in [-0.1, -0.05) is 17.7 Å². The van der Waals surface area contributed by atoms with Crippen molar-refractivity contribution in [3.63, 3.8) is 0 Å². The summed E-state index contributed by atoms with van der Waals surface area (Å²) in [4.78, 5) is 0. The van der Waals surface area contributed by atoms with Crippen molar-refractivity contribution in [1.82, 2.24) is 0 Å². The maximum Gasteiger partial charge on any atom is 0.134 e.